The number of aromatic amines is 1. The summed E-state index contributed by atoms with van der Waals surface area (Å²) in [5, 5.41) is 12.0. The molecule has 1 atom stereocenters. The zero-order chi connectivity index (χ0) is 12.1. The van der Waals surface area contributed by atoms with Crippen molar-refractivity contribution in [1.29, 1.82) is 0 Å². The molecule has 0 amide bonds. The van der Waals surface area contributed by atoms with Gasteiger partial charge in [0.2, 0.25) is 0 Å². The quantitative estimate of drug-likeness (QED) is 0.642. The van der Waals surface area contributed by atoms with Gasteiger partial charge in [0.05, 0.1) is 12.0 Å². The molecule has 0 unspecified atom stereocenters. The molecule has 0 aromatic carbocycles. The lowest BCUT2D eigenvalue weighted by Crippen LogP contribution is -2.36. The lowest BCUT2D eigenvalue weighted by atomic mass is 10.2. The second-order valence-electron chi connectivity index (χ2n) is 3.16. The second kappa shape index (κ2) is 5.66. The average Bonchev–Trinajstić information content (AvgIpc) is 2.60. The average molecular weight is 243 g/mol. The molecule has 0 saturated carbocycles. The Labute approximate surface area is 96.8 Å². The first-order valence-electron chi connectivity index (χ1n) is 4.65. The molecule has 3 N–H and O–H groups in total. The summed E-state index contributed by atoms with van der Waals surface area (Å²) in [4.78, 5) is 28.6. The van der Waals surface area contributed by atoms with Crippen molar-refractivity contribution in [2.75, 3.05) is 7.05 Å². The summed E-state index contributed by atoms with van der Waals surface area (Å²) in [5.41, 5.74) is 0.655. The minimum absolute atomic E-state index is 0.0790. The first kappa shape index (κ1) is 12.7. The summed E-state index contributed by atoms with van der Waals surface area (Å²) in [7, 11) is 1.58. The van der Waals surface area contributed by atoms with Crippen molar-refractivity contribution in [1.82, 2.24) is 15.3 Å². The van der Waals surface area contributed by atoms with E-state index in [1.807, 2.05) is 0 Å². The number of carboxylic acids is 1. The van der Waals surface area contributed by atoms with Crippen LogP contribution in [0.1, 0.15) is 12.6 Å². The lowest BCUT2D eigenvalue weighted by molar-refractivity contribution is -0.139. The highest BCUT2D eigenvalue weighted by molar-refractivity contribution is 8.13. The van der Waals surface area contributed by atoms with Gasteiger partial charge in [-0.1, -0.05) is 0 Å². The van der Waals surface area contributed by atoms with Gasteiger partial charge in [-0.3, -0.25) is 9.59 Å². The van der Waals surface area contributed by atoms with Crippen LogP contribution in [0.25, 0.3) is 0 Å². The van der Waals surface area contributed by atoms with Crippen molar-refractivity contribution in [3.8, 4) is 0 Å². The molecule has 6 nitrogen and oxygen atoms in total. The molecule has 0 bridgehead atoms. The van der Waals surface area contributed by atoms with E-state index >= 15 is 0 Å². The van der Waals surface area contributed by atoms with Crippen LogP contribution in [0, 0.1) is 0 Å². The molecule has 1 heterocycles. The first-order valence-corrected chi connectivity index (χ1v) is 5.47. The highest BCUT2D eigenvalue weighted by Gasteiger charge is 2.19. The number of carbonyl (C=O) groups excluding carboxylic acids is 1. The van der Waals surface area contributed by atoms with Gasteiger partial charge in [-0.25, -0.2) is 4.98 Å². The van der Waals surface area contributed by atoms with Crippen LogP contribution in [0.3, 0.4) is 0 Å². The summed E-state index contributed by atoms with van der Waals surface area (Å²) in [6.07, 6.45) is 1.72. The fourth-order valence-corrected chi connectivity index (χ4v) is 1.84. The van der Waals surface area contributed by atoms with E-state index in [4.69, 9.17) is 5.11 Å². The zero-order valence-corrected chi connectivity index (χ0v) is 9.80. The van der Waals surface area contributed by atoms with Gasteiger partial charge in [0.1, 0.15) is 11.1 Å². The molecular weight excluding hydrogens is 230 g/mol. The number of nitrogens with zero attached hydrogens (tertiary/aromatic N) is 1. The largest absolute Gasteiger partial charge is 0.480 e. The molecule has 0 aliphatic heterocycles. The minimum atomic E-state index is -0.934. The lowest BCUT2D eigenvalue weighted by Gasteiger charge is -2.10. The Hall–Kier alpha value is -1.34. The fourth-order valence-electron chi connectivity index (χ4n) is 1.20. The summed E-state index contributed by atoms with van der Waals surface area (Å²) < 4.78 is 0. The standard InChI is InChI=1S/C9H13N3O3S/c1-5(13)16-8-6(11-4-12-8)3-7(10-2)9(14)15/h4,7,10H,3H2,1-2H3,(H,11,12)(H,14,15)/t7-/m0/s1. The highest BCUT2D eigenvalue weighted by atomic mass is 32.2. The van der Waals surface area contributed by atoms with Gasteiger partial charge in [0.25, 0.3) is 0 Å². The summed E-state index contributed by atoms with van der Waals surface area (Å²) in [5.74, 6) is -0.934. The van der Waals surface area contributed by atoms with Crippen molar-refractivity contribution >= 4 is 22.8 Å². The molecule has 88 valence electrons. The SMILES string of the molecule is CN[C@@H](Cc1[nH]cnc1SC(C)=O)C(=O)O. The number of hydrogen-bond donors (Lipinski definition) is 3. The van der Waals surface area contributed by atoms with Crippen molar-refractivity contribution in [2.45, 2.75) is 24.4 Å². The zero-order valence-electron chi connectivity index (χ0n) is 8.98. The third-order valence-electron chi connectivity index (χ3n) is 1.97. The van der Waals surface area contributed by atoms with Crippen LogP contribution in [0.5, 0.6) is 0 Å². The van der Waals surface area contributed by atoms with Gasteiger partial charge in [-0.2, -0.15) is 0 Å². The van der Waals surface area contributed by atoms with Crippen LogP contribution in [0.2, 0.25) is 0 Å². The molecule has 0 aliphatic rings. The summed E-state index contributed by atoms with van der Waals surface area (Å²) >= 11 is 0.994. The van der Waals surface area contributed by atoms with E-state index in [9.17, 15) is 9.59 Å². The van der Waals surface area contributed by atoms with Crippen molar-refractivity contribution in [3.63, 3.8) is 0 Å². The monoisotopic (exact) mass is 243 g/mol. The van der Waals surface area contributed by atoms with E-state index < -0.39 is 12.0 Å². The Morgan fingerprint density at radius 3 is 2.88 bits per heavy atom. The van der Waals surface area contributed by atoms with Crippen molar-refractivity contribution in [3.05, 3.63) is 12.0 Å². The molecule has 1 rings (SSSR count). The smallest absolute Gasteiger partial charge is 0.321 e. The third-order valence-corrected chi connectivity index (χ3v) is 2.81. The molecule has 0 saturated heterocycles. The molecule has 0 aliphatic carbocycles. The number of imidazole rings is 1. The maximum absolute atomic E-state index is 10.9. The van der Waals surface area contributed by atoms with E-state index in [1.165, 1.54) is 13.3 Å². The number of thioether (sulfide) groups is 1. The molecule has 1 aromatic heterocycles. The number of aliphatic carboxylic acids is 1. The van der Waals surface area contributed by atoms with Crippen molar-refractivity contribution < 1.29 is 14.7 Å². The van der Waals surface area contributed by atoms with Crippen molar-refractivity contribution in [2.24, 2.45) is 0 Å². The number of aromatic nitrogens is 2. The van der Waals surface area contributed by atoms with E-state index in [-0.39, 0.29) is 11.5 Å². The molecule has 0 fully saturated rings. The number of likely N-dealkylation sites (N-methyl/N-ethyl adjacent to an activating group) is 1. The minimum Gasteiger partial charge on any atom is -0.480 e. The molecular formula is C9H13N3O3S. The normalized spacial score (nSPS) is 12.4. The van der Waals surface area contributed by atoms with Crippen LogP contribution >= 0.6 is 11.8 Å². The molecule has 7 heteroatoms. The Morgan fingerprint density at radius 2 is 2.38 bits per heavy atom. The van der Waals surface area contributed by atoms with E-state index in [1.54, 1.807) is 7.05 Å². The number of H-pyrrole nitrogens is 1. The third kappa shape index (κ3) is 3.35. The first-order chi connectivity index (χ1) is 7.54. The van der Waals surface area contributed by atoms with Gasteiger partial charge in [0, 0.05) is 13.3 Å². The highest BCUT2D eigenvalue weighted by Crippen LogP contribution is 2.20. The molecule has 16 heavy (non-hydrogen) atoms. The summed E-state index contributed by atoms with van der Waals surface area (Å²) in [6, 6.07) is -0.688. The number of hydrogen-bond acceptors (Lipinski definition) is 5. The molecule has 0 radical (unpaired) electrons. The van der Waals surface area contributed by atoms with Gasteiger partial charge < -0.3 is 15.4 Å². The fraction of sp³-hybridized carbons (Fsp3) is 0.444. The van der Waals surface area contributed by atoms with Gasteiger partial charge in [-0.15, -0.1) is 0 Å². The predicted octanol–water partition coefficient (Wildman–Crippen LogP) is 0.263. The number of carbonyl (C=O) groups is 2. The van der Waals surface area contributed by atoms with E-state index in [2.05, 4.69) is 15.3 Å². The number of carboxylic acid groups (broad SMARTS) is 1. The van der Waals surface area contributed by atoms with Crippen LogP contribution in [-0.4, -0.2) is 39.2 Å². The van der Waals surface area contributed by atoms with Crippen LogP contribution in [0.15, 0.2) is 11.4 Å². The van der Waals surface area contributed by atoms with Gasteiger partial charge >= 0.3 is 5.97 Å². The maximum atomic E-state index is 10.9. The number of nitrogens with one attached hydrogen (secondary N) is 2. The van der Waals surface area contributed by atoms with Gasteiger partial charge in [-0.05, 0) is 18.8 Å². The van der Waals surface area contributed by atoms with E-state index in [0.29, 0.717) is 10.7 Å². The second-order valence-corrected chi connectivity index (χ2v) is 4.33. The number of rotatable bonds is 5. The van der Waals surface area contributed by atoms with Crippen LogP contribution in [-0.2, 0) is 16.0 Å². The Balaban J connectivity index is 2.76. The summed E-state index contributed by atoms with van der Waals surface area (Å²) in [6.45, 7) is 1.44. The van der Waals surface area contributed by atoms with Gasteiger partial charge in [0.15, 0.2) is 5.12 Å². The molecule has 0 spiro atoms. The Morgan fingerprint density at radius 1 is 1.69 bits per heavy atom. The predicted molar refractivity (Wildman–Crippen MR) is 59.3 cm³/mol. The maximum Gasteiger partial charge on any atom is 0.321 e. The van der Waals surface area contributed by atoms with Crippen LogP contribution < -0.4 is 5.32 Å². The topological polar surface area (TPSA) is 95.1 Å². The Kier molecular flexibility index (Phi) is 4.51. The van der Waals surface area contributed by atoms with Crippen LogP contribution in [0.4, 0.5) is 0 Å². The Bertz CT molecular complexity index is 391. The molecule has 1 aromatic rings. The van der Waals surface area contributed by atoms with E-state index in [0.717, 1.165) is 11.8 Å².